The first-order chi connectivity index (χ1) is 13.4. The first kappa shape index (κ1) is 24.3. The van der Waals surface area contributed by atoms with E-state index in [1.165, 1.54) is 0 Å². The smallest absolute Gasteiger partial charge is 0.408 e. The van der Waals surface area contributed by atoms with E-state index in [0.717, 1.165) is 5.56 Å². The minimum atomic E-state index is -0.922. The van der Waals surface area contributed by atoms with Crippen LogP contribution in [0.25, 0.3) is 0 Å². The molecule has 8 nitrogen and oxygen atoms in total. The summed E-state index contributed by atoms with van der Waals surface area (Å²) in [4.78, 5) is 36.2. The number of benzene rings is 1. The maximum atomic E-state index is 12.5. The predicted molar refractivity (Wildman–Crippen MR) is 108 cm³/mol. The fourth-order valence-corrected chi connectivity index (χ4v) is 2.21. The Morgan fingerprint density at radius 1 is 0.897 bits per heavy atom. The molecule has 29 heavy (non-hydrogen) atoms. The third-order valence-corrected chi connectivity index (χ3v) is 3.27. The van der Waals surface area contributed by atoms with Gasteiger partial charge in [-0.25, -0.2) is 14.4 Å². The molecule has 2 amide bonds. The van der Waals surface area contributed by atoms with Gasteiger partial charge in [0, 0.05) is 6.42 Å². The number of hydrogen-bond donors (Lipinski definition) is 2. The third kappa shape index (κ3) is 11.6. The van der Waals surface area contributed by atoms with E-state index in [9.17, 15) is 14.4 Å². The third-order valence-electron chi connectivity index (χ3n) is 3.27. The predicted octanol–water partition coefficient (Wildman–Crippen LogP) is 3.19. The molecule has 0 heterocycles. The summed E-state index contributed by atoms with van der Waals surface area (Å²) in [5.74, 6) is -0.620. The Kier molecular flexibility index (Phi) is 8.94. The molecule has 1 atom stereocenters. The molecule has 0 spiro atoms. The number of carbonyl (C=O) groups excluding carboxylic acids is 3. The fourth-order valence-electron chi connectivity index (χ4n) is 2.21. The zero-order valence-corrected chi connectivity index (χ0v) is 18.0. The first-order valence-corrected chi connectivity index (χ1v) is 9.53. The lowest BCUT2D eigenvalue weighted by molar-refractivity contribution is -0.146. The van der Waals surface area contributed by atoms with E-state index in [1.54, 1.807) is 41.5 Å². The van der Waals surface area contributed by atoms with E-state index < -0.39 is 35.4 Å². The quantitative estimate of drug-likeness (QED) is 0.408. The second-order valence-corrected chi connectivity index (χ2v) is 8.48. The van der Waals surface area contributed by atoms with Crippen molar-refractivity contribution in [2.45, 2.75) is 65.2 Å². The Bertz CT molecular complexity index is 677. The number of nitrogens with one attached hydrogen (secondary N) is 2. The number of rotatable bonds is 7. The van der Waals surface area contributed by atoms with Gasteiger partial charge < -0.3 is 24.8 Å². The molecule has 0 bridgehead atoms. The molecule has 2 N–H and O–H groups in total. The average molecular weight is 408 g/mol. The van der Waals surface area contributed by atoms with Gasteiger partial charge in [0.15, 0.2) is 0 Å². The molecule has 162 valence electrons. The van der Waals surface area contributed by atoms with Crippen molar-refractivity contribution < 1.29 is 28.6 Å². The van der Waals surface area contributed by atoms with Crippen LogP contribution in [0.15, 0.2) is 30.3 Å². The van der Waals surface area contributed by atoms with Gasteiger partial charge in [-0.2, -0.15) is 0 Å². The molecule has 0 fully saturated rings. The molecule has 0 aliphatic heterocycles. The molecule has 0 radical (unpaired) electrons. The second-order valence-electron chi connectivity index (χ2n) is 8.48. The van der Waals surface area contributed by atoms with Crippen molar-refractivity contribution in [2.24, 2.45) is 0 Å². The van der Waals surface area contributed by atoms with Crippen molar-refractivity contribution in [3.05, 3.63) is 35.9 Å². The maximum Gasteiger partial charge on any atom is 0.408 e. The van der Waals surface area contributed by atoms with E-state index >= 15 is 0 Å². The van der Waals surface area contributed by atoms with Crippen LogP contribution in [0.4, 0.5) is 9.59 Å². The lowest BCUT2D eigenvalue weighted by Gasteiger charge is -2.23. The van der Waals surface area contributed by atoms with Crippen LogP contribution in [-0.2, 0) is 25.4 Å². The monoisotopic (exact) mass is 408 g/mol. The van der Waals surface area contributed by atoms with Gasteiger partial charge >= 0.3 is 18.2 Å². The zero-order valence-electron chi connectivity index (χ0n) is 18.0. The number of hydrogen-bond acceptors (Lipinski definition) is 6. The molecule has 0 aromatic heterocycles. The van der Waals surface area contributed by atoms with Gasteiger partial charge in [-0.15, -0.1) is 0 Å². The van der Waals surface area contributed by atoms with E-state index in [0.29, 0.717) is 0 Å². The van der Waals surface area contributed by atoms with Crippen LogP contribution >= 0.6 is 0 Å². The highest BCUT2D eigenvalue weighted by Gasteiger charge is 2.26. The number of alkyl carbamates (subject to hydrolysis) is 2. The van der Waals surface area contributed by atoms with Gasteiger partial charge in [-0.1, -0.05) is 30.3 Å². The first-order valence-electron chi connectivity index (χ1n) is 9.53. The lowest BCUT2D eigenvalue weighted by atomic mass is 10.1. The topological polar surface area (TPSA) is 103 Å². The summed E-state index contributed by atoms with van der Waals surface area (Å²) in [6.07, 6.45) is -1.05. The SMILES string of the molecule is CC(C)(C)OC(=O)NCCOC(=O)C(Cc1ccccc1)NC(=O)OC(C)(C)C. The summed E-state index contributed by atoms with van der Waals surface area (Å²) in [5, 5.41) is 5.06. The fraction of sp³-hybridized carbons (Fsp3) is 0.571. The molecule has 1 rings (SSSR count). The normalized spacial score (nSPS) is 12.5. The van der Waals surface area contributed by atoms with Gasteiger partial charge in [0.25, 0.3) is 0 Å². The van der Waals surface area contributed by atoms with Crippen LogP contribution in [0, 0.1) is 0 Å². The minimum absolute atomic E-state index is 0.0562. The average Bonchev–Trinajstić information content (AvgIpc) is 2.55. The van der Waals surface area contributed by atoms with Crippen LogP contribution in [-0.4, -0.2) is 48.6 Å². The molecule has 0 saturated heterocycles. The van der Waals surface area contributed by atoms with E-state index in [1.807, 2.05) is 30.3 Å². The molecule has 8 heteroatoms. The molecular weight excluding hydrogens is 376 g/mol. The molecule has 1 unspecified atom stereocenters. The summed E-state index contributed by atoms with van der Waals surface area (Å²) in [5.41, 5.74) is -0.445. The Balaban J connectivity index is 2.61. The van der Waals surface area contributed by atoms with Crippen LogP contribution in [0.2, 0.25) is 0 Å². The summed E-state index contributed by atoms with van der Waals surface area (Å²) < 4.78 is 15.5. The van der Waals surface area contributed by atoms with Crippen LogP contribution in [0.3, 0.4) is 0 Å². The zero-order chi connectivity index (χ0) is 22.1. The van der Waals surface area contributed by atoms with Crippen molar-refractivity contribution in [2.75, 3.05) is 13.2 Å². The summed E-state index contributed by atoms with van der Waals surface area (Å²) >= 11 is 0. The molecule has 0 aliphatic rings. The minimum Gasteiger partial charge on any atom is -0.462 e. The number of carbonyl (C=O) groups is 3. The highest BCUT2D eigenvalue weighted by atomic mass is 16.6. The van der Waals surface area contributed by atoms with E-state index in [2.05, 4.69) is 10.6 Å². The molecule has 0 saturated carbocycles. The summed E-state index contributed by atoms with van der Waals surface area (Å²) in [7, 11) is 0. The highest BCUT2D eigenvalue weighted by molar-refractivity contribution is 5.81. The van der Waals surface area contributed by atoms with Crippen LogP contribution in [0.5, 0.6) is 0 Å². The second kappa shape index (κ2) is 10.7. The lowest BCUT2D eigenvalue weighted by Crippen LogP contribution is -2.46. The Morgan fingerprint density at radius 3 is 2.00 bits per heavy atom. The van der Waals surface area contributed by atoms with Gasteiger partial charge in [-0.05, 0) is 47.1 Å². The van der Waals surface area contributed by atoms with Gasteiger partial charge in [0.05, 0.1) is 6.54 Å². The van der Waals surface area contributed by atoms with Crippen molar-refractivity contribution >= 4 is 18.2 Å². The molecule has 1 aromatic carbocycles. The van der Waals surface area contributed by atoms with Crippen molar-refractivity contribution in [1.82, 2.24) is 10.6 Å². The van der Waals surface area contributed by atoms with Crippen molar-refractivity contribution in [3.8, 4) is 0 Å². The standard InChI is InChI=1S/C21H32N2O6/c1-20(2,3)28-18(25)22-12-13-27-17(24)16(14-15-10-8-7-9-11-15)23-19(26)29-21(4,5)6/h7-11,16H,12-14H2,1-6H3,(H,22,25)(H,23,26). The Morgan fingerprint density at radius 2 is 1.45 bits per heavy atom. The van der Waals surface area contributed by atoms with E-state index in [-0.39, 0.29) is 19.6 Å². The van der Waals surface area contributed by atoms with Gasteiger partial charge in [0.1, 0.15) is 23.9 Å². The Labute approximate surface area is 172 Å². The van der Waals surface area contributed by atoms with E-state index in [4.69, 9.17) is 14.2 Å². The van der Waals surface area contributed by atoms with Gasteiger partial charge in [-0.3, -0.25) is 0 Å². The Hall–Kier alpha value is -2.77. The summed E-state index contributed by atoms with van der Waals surface area (Å²) in [6.45, 7) is 10.5. The molecule has 1 aromatic rings. The highest BCUT2D eigenvalue weighted by Crippen LogP contribution is 2.09. The maximum absolute atomic E-state index is 12.5. The summed E-state index contributed by atoms with van der Waals surface area (Å²) in [6, 6.07) is 8.32. The number of ether oxygens (including phenoxy) is 3. The van der Waals surface area contributed by atoms with Crippen molar-refractivity contribution in [1.29, 1.82) is 0 Å². The van der Waals surface area contributed by atoms with Crippen LogP contribution in [0.1, 0.15) is 47.1 Å². The van der Waals surface area contributed by atoms with Crippen molar-refractivity contribution in [3.63, 3.8) is 0 Å². The van der Waals surface area contributed by atoms with Crippen LogP contribution < -0.4 is 10.6 Å². The molecular formula is C21H32N2O6. The number of amides is 2. The largest absolute Gasteiger partial charge is 0.462 e. The van der Waals surface area contributed by atoms with Gasteiger partial charge in [0.2, 0.25) is 0 Å². The molecule has 0 aliphatic carbocycles. The number of esters is 1.